The van der Waals surface area contributed by atoms with Crippen LogP contribution < -0.4 is 5.73 Å². The van der Waals surface area contributed by atoms with Crippen molar-refractivity contribution in [2.24, 2.45) is 10.9 Å². The molecule has 0 aliphatic carbocycles. The van der Waals surface area contributed by atoms with Gasteiger partial charge in [-0.2, -0.15) is 0 Å². The highest BCUT2D eigenvalue weighted by Gasteiger charge is 2.34. The number of likely N-dealkylation sites (N-methyl/N-ethyl adjacent to an activating group) is 1. The highest BCUT2D eigenvalue weighted by molar-refractivity contribution is 5.91. The van der Waals surface area contributed by atoms with Crippen molar-refractivity contribution in [2.45, 2.75) is 57.7 Å². The van der Waals surface area contributed by atoms with E-state index >= 15 is 0 Å². The van der Waals surface area contributed by atoms with Crippen molar-refractivity contribution < 1.29 is 9.63 Å². The topological polar surface area (TPSA) is 67.9 Å². The van der Waals surface area contributed by atoms with Crippen molar-refractivity contribution >= 4 is 12.0 Å². The molecule has 0 aromatic carbocycles. The van der Waals surface area contributed by atoms with E-state index in [1.54, 1.807) is 6.08 Å². The summed E-state index contributed by atoms with van der Waals surface area (Å²) in [5.41, 5.74) is 7.71. The number of nitrogens with zero attached hydrogens (tertiary/aromatic N) is 2. The molecule has 0 aromatic heterocycles. The fourth-order valence-electron chi connectivity index (χ4n) is 3.21. The molecule has 0 saturated carbocycles. The first-order valence-electron chi connectivity index (χ1n) is 9.82. The fourth-order valence-corrected chi connectivity index (χ4v) is 3.21. The average molecular weight is 386 g/mol. The number of carbonyl (C=O) groups is 1. The summed E-state index contributed by atoms with van der Waals surface area (Å²) in [5, 5.41) is 3.95. The van der Waals surface area contributed by atoms with E-state index in [1.165, 1.54) is 11.1 Å². The van der Waals surface area contributed by atoms with Gasteiger partial charge in [-0.3, -0.25) is 15.4 Å². The van der Waals surface area contributed by atoms with Crippen LogP contribution in [0.15, 0.2) is 65.9 Å². The lowest BCUT2D eigenvalue weighted by atomic mass is 9.98. The lowest BCUT2D eigenvalue weighted by Gasteiger charge is -2.27. The number of aldehydes is 1. The molecule has 1 aliphatic rings. The minimum atomic E-state index is -1.29. The van der Waals surface area contributed by atoms with Gasteiger partial charge in [0.1, 0.15) is 0 Å². The van der Waals surface area contributed by atoms with E-state index in [-0.39, 0.29) is 0 Å². The third-order valence-electron chi connectivity index (χ3n) is 4.85. The van der Waals surface area contributed by atoms with Crippen molar-refractivity contribution in [3.05, 3.63) is 60.8 Å². The first kappa shape index (κ1) is 23.8. The molecule has 0 spiro atoms. The molecule has 5 nitrogen and oxygen atoms in total. The molecular formula is C23H35N3O2. The first-order valence-corrected chi connectivity index (χ1v) is 9.82. The molecule has 1 rings (SSSR count). The Morgan fingerprint density at radius 2 is 2.11 bits per heavy atom. The normalized spacial score (nSPS) is 21.2. The Bertz CT molecular complexity index is 661. The fraction of sp³-hybridized carbons (Fsp3) is 0.478. The maximum atomic E-state index is 10.9. The lowest BCUT2D eigenvalue weighted by molar-refractivity contribution is -0.127. The minimum absolute atomic E-state index is 0.346. The van der Waals surface area contributed by atoms with Gasteiger partial charge in [0.15, 0.2) is 6.29 Å². The van der Waals surface area contributed by atoms with E-state index in [0.717, 1.165) is 31.5 Å². The molecule has 5 heteroatoms. The zero-order chi connectivity index (χ0) is 21.0. The van der Waals surface area contributed by atoms with Crippen LogP contribution in [0.1, 0.15) is 46.0 Å². The van der Waals surface area contributed by atoms with Gasteiger partial charge in [-0.15, -0.1) is 0 Å². The summed E-state index contributed by atoms with van der Waals surface area (Å²) in [5.74, 6) is 0. The molecule has 2 unspecified atom stereocenters. The molecule has 0 radical (unpaired) electrons. The van der Waals surface area contributed by atoms with Crippen molar-refractivity contribution in [3.8, 4) is 0 Å². The van der Waals surface area contributed by atoms with E-state index in [9.17, 15) is 4.79 Å². The van der Waals surface area contributed by atoms with E-state index in [1.807, 2.05) is 13.0 Å². The van der Waals surface area contributed by atoms with Crippen LogP contribution in [0.4, 0.5) is 0 Å². The highest BCUT2D eigenvalue weighted by atomic mass is 16.7. The van der Waals surface area contributed by atoms with Gasteiger partial charge in [0.25, 0.3) is 0 Å². The Kier molecular flexibility index (Phi) is 10.4. The van der Waals surface area contributed by atoms with Crippen molar-refractivity contribution in [1.82, 2.24) is 4.90 Å². The van der Waals surface area contributed by atoms with Crippen LogP contribution in [0.2, 0.25) is 0 Å². The predicted octanol–water partition coefficient (Wildman–Crippen LogP) is 4.30. The third-order valence-corrected chi connectivity index (χ3v) is 4.85. The lowest BCUT2D eigenvalue weighted by Crippen LogP contribution is -2.41. The smallest absolute Gasteiger partial charge is 0.247 e. The molecular weight excluding hydrogens is 350 g/mol. The number of hydrogen-bond donors (Lipinski definition) is 1. The van der Waals surface area contributed by atoms with Crippen LogP contribution in [0.25, 0.3) is 0 Å². The molecule has 0 bridgehead atoms. The van der Waals surface area contributed by atoms with Gasteiger partial charge in [-0.1, -0.05) is 72.8 Å². The van der Waals surface area contributed by atoms with Crippen molar-refractivity contribution in [1.29, 1.82) is 0 Å². The van der Waals surface area contributed by atoms with Gasteiger partial charge in [0, 0.05) is 19.0 Å². The summed E-state index contributed by atoms with van der Waals surface area (Å²) in [6.07, 6.45) is 16.6. The van der Waals surface area contributed by atoms with E-state index in [4.69, 9.17) is 10.6 Å². The summed E-state index contributed by atoms with van der Waals surface area (Å²) < 4.78 is 0. The van der Waals surface area contributed by atoms with Gasteiger partial charge >= 0.3 is 0 Å². The molecule has 1 heterocycles. The van der Waals surface area contributed by atoms with Gasteiger partial charge < -0.3 is 4.84 Å². The van der Waals surface area contributed by atoms with Crippen molar-refractivity contribution in [2.75, 3.05) is 13.6 Å². The Hall–Kier alpha value is -2.24. The number of hydrogen-bond acceptors (Lipinski definition) is 5. The summed E-state index contributed by atoms with van der Waals surface area (Å²) >= 11 is 0. The number of carbonyl (C=O) groups excluding carboxylic acids is 1. The first-order chi connectivity index (χ1) is 13.4. The van der Waals surface area contributed by atoms with E-state index < -0.39 is 5.72 Å². The Labute approximate surface area is 170 Å². The maximum absolute atomic E-state index is 10.9. The van der Waals surface area contributed by atoms with Gasteiger partial charge in [-0.05, 0) is 33.2 Å². The minimum Gasteiger partial charge on any atom is -0.365 e. The van der Waals surface area contributed by atoms with Gasteiger partial charge in [0.05, 0.1) is 12.1 Å². The van der Waals surface area contributed by atoms with Crippen LogP contribution in [-0.4, -0.2) is 42.3 Å². The summed E-state index contributed by atoms with van der Waals surface area (Å²) in [7, 11) is 2.12. The molecule has 0 aromatic rings. The quantitative estimate of drug-likeness (QED) is 0.292. The van der Waals surface area contributed by atoms with Crippen LogP contribution in [0, 0.1) is 0 Å². The number of nitrogens with two attached hydrogens (primary N) is 1. The SMILES string of the molecule is C=C/C=C\CN(C)C(CC)C(=C)CC=CC/C(=C\C)CC1=NOC(N)(C=O)C1. The molecule has 0 fully saturated rings. The molecule has 1 aliphatic heterocycles. The van der Waals surface area contributed by atoms with E-state index in [0.29, 0.717) is 25.2 Å². The second-order valence-corrected chi connectivity index (χ2v) is 7.19. The second kappa shape index (κ2) is 12.3. The van der Waals surface area contributed by atoms with Gasteiger partial charge in [0.2, 0.25) is 5.72 Å². The van der Waals surface area contributed by atoms with Crippen LogP contribution in [0.5, 0.6) is 0 Å². The largest absolute Gasteiger partial charge is 0.365 e. The predicted molar refractivity (Wildman–Crippen MR) is 118 cm³/mol. The number of rotatable bonds is 13. The molecule has 0 saturated heterocycles. The van der Waals surface area contributed by atoms with E-state index in [2.05, 4.69) is 61.5 Å². The Morgan fingerprint density at radius 1 is 1.39 bits per heavy atom. The summed E-state index contributed by atoms with van der Waals surface area (Å²) in [4.78, 5) is 18.3. The monoisotopic (exact) mass is 385 g/mol. The second-order valence-electron chi connectivity index (χ2n) is 7.19. The standard InChI is InChI=1S/C23H35N3O2/c1-6-9-12-15-26(5)22(8-3)19(4)13-10-11-14-20(7-2)16-21-17-23(24,18-27)28-25-21/h6-7,9-12,18,22H,1,4,8,13-17,24H2,2-3,5H3/b11-10?,12-9-,20-7+. The Balaban J connectivity index is 2.48. The molecule has 2 atom stereocenters. The summed E-state index contributed by atoms with van der Waals surface area (Å²) in [6.45, 7) is 13.1. The van der Waals surface area contributed by atoms with Gasteiger partial charge in [-0.25, -0.2) is 0 Å². The number of oxime groups is 1. The number of allylic oxidation sites excluding steroid dienone is 6. The third kappa shape index (κ3) is 7.79. The molecule has 2 N–H and O–H groups in total. The van der Waals surface area contributed by atoms with Crippen molar-refractivity contribution in [3.63, 3.8) is 0 Å². The molecule has 28 heavy (non-hydrogen) atoms. The van der Waals surface area contributed by atoms with Crippen LogP contribution in [-0.2, 0) is 9.63 Å². The Morgan fingerprint density at radius 3 is 2.68 bits per heavy atom. The zero-order valence-corrected chi connectivity index (χ0v) is 17.6. The molecule has 154 valence electrons. The average Bonchev–Trinajstić information content (AvgIpc) is 3.06. The van der Waals surface area contributed by atoms with Crippen LogP contribution in [0.3, 0.4) is 0 Å². The summed E-state index contributed by atoms with van der Waals surface area (Å²) in [6, 6.07) is 0.353. The van der Waals surface area contributed by atoms with Crippen LogP contribution >= 0.6 is 0 Å². The molecule has 0 amide bonds. The highest BCUT2D eigenvalue weighted by Crippen LogP contribution is 2.22. The maximum Gasteiger partial charge on any atom is 0.247 e. The zero-order valence-electron chi connectivity index (χ0n) is 17.6.